The van der Waals surface area contributed by atoms with Gasteiger partial charge in [0.05, 0.1) is 12.6 Å². The van der Waals surface area contributed by atoms with E-state index in [1.807, 2.05) is 12.1 Å². The molecule has 24 heavy (non-hydrogen) atoms. The van der Waals surface area contributed by atoms with E-state index in [1.165, 1.54) is 6.33 Å². The second kappa shape index (κ2) is 8.11. The number of carbonyl (C=O) groups is 1. The minimum absolute atomic E-state index is 0.141. The summed E-state index contributed by atoms with van der Waals surface area (Å²) in [6.07, 6.45) is 5.73. The Bertz CT molecular complexity index is 691. The third-order valence-corrected chi connectivity index (χ3v) is 3.95. The molecule has 2 rings (SSSR count). The molecular weight excluding hydrogens is 306 g/mol. The highest BCUT2D eigenvalue weighted by molar-refractivity contribution is 5.72. The van der Waals surface area contributed by atoms with Crippen LogP contribution in [0, 0.1) is 11.3 Å². The second-order valence-electron chi connectivity index (χ2n) is 5.72. The van der Waals surface area contributed by atoms with Crippen LogP contribution in [0.5, 0.6) is 0 Å². The van der Waals surface area contributed by atoms with E-state index in [4.69, 9.17) is 5.11 Å². The van der Waals surface area contributed by atoms with Crippen molar-refractivity contribution in [2.75, 3.05) is 11.9 Å². The topological polar surface area (TPSA) is 104 Å². The first-order valence-electron chi connectivity index (χ1n) is 7.89. The van der Waals surface area contributed by atoms with Crippen molar-refractivity contribution >= 4 is 11.7 Å². The highest BCUT2D eigenvalue weighted by Gasteiger charge is 2.32. The molecule has 2 N–H and O–H groups in total. The van der Waals surface area contributed by atoms with E-state index in [2.05, 4.69) is 28.4 Å². The van der Waals surface area contributed by atoms with Crippen LogP contribution in [0.2, 0.25) is 0 Å². The molecule has 0 bridgehead atoms. The third-order valence-electron chi connectivity index (χ3n) is 3.95. The predicted molar refractivity (Wildman–Crippen MR) is 89.4 cm³/mol. The number of benzene rings is 1. The SMILES string of the molecule is CCCCC(C#N)(Cn1cncn1)c1ccc(NCC(=O)O)cc1. The zero-order chi connectivity index (χ0) is 17.4. The summed E-state index contributed by atoms with van der Waals surface area (Å²) in [4.78, 5) is 14.6. The van der Waals surface area contributed by atoms with Crippen LogP contribution in [0.4, 0.5) is 5.69 Å². The Labute approximate surface area is 140 Å². The van der Waals surface area contributed by atoms with Gasteiger partial charge in [0.1, 0.15) is 24.6 Å². The monoisotopic (exact) mass is 327 g/mol. The maximum Gasteiger partial charge on any atom is 0.322 e. The molecule has 0 aliphatic heterocycles. The van der Waals surface area contributed by atoms with E-state index in [1.54, 1.807) is 23.1 Å². The van der Waals surface area contributed by atoms with Crippen LogP contribution < -0.4 is 5.32 Å². The smallest absolute Gasteiger partial charge is 0.322 e. The molecule has 1 unspecified atom stereocenters. The fraction of sp³-hybridized carbons (Fsp3) is 0.412. The minimum atomic E-state index is -0.917. The molecule has 0 fully saturated rings. The van der Waals surface area contributed by atoms with Crippen molar-refractivity contribution in [1.29, 1.82) is 5.26 Å². The minimum Gasteiger partial charge on any atom is -0.480 e. The Hall–Kier alpha value is -2.88. The number of nitrogens with one attached hydrogen (secondary N) is 1. The Morgan fingerprint density at radius 3 is 2.71 bits per heavy atom. The number of hydrogen-bond donors (Lipinski definition) is 2. The summed E-state index contributed by atoms with van der Waals surface area (Å²) in [6.45, 7) is 2.39. The first-order chi connectivity index (χ1) is 11.6. The van der Waals surface area contributed by atoms with E-state index in [0.717, 1.165) is 24.8 Å². The Kier molecular flexibility index (Phi) is 5.90. The highest BCUT2D eigenvalue weighted by Crippen LogP contribution is 2.32. The van der Waals surface area contributed by atoms with Gasteiger partial charge in [-0.1, -0.05) is 31.9 Å². The average molecular weight is 327 g/mol. The van der Waals surface area contributed by atoms with Crippen LogP contribution in [0.3, 0.4) is 0 Å². The summed E-state index contributed by atoms with van der Waals surface area (Å²) >= 11 is 0. The normalized spacial score (nSPS) is 13.0. The van der Waals surface area contributed by atoms with Crippen LogP contribution in [0.15, 0.2) is 36.9 Å². The number of anilines is 1. The summed E-state index contributed by atoms with van der Waals surface area (Å²) in [5, 5.41) is 25.6. The maximum absolute atomic E-state index is 10.6. The van der Waals surface area contributed by atoms with Gasteiger partial charge in [0.25, 0.3) is 0 Å². The molecule has 1 aromatic heterocycles. The summed E-state index contributed by atoms with van der Waals surface area (Å²) in [5.41, 5.74) is 0.925. The van der Waals surface area contributed by atoms with E-state index in [-0.39, 0.29) is 6.54 Å². The number of carboxylic acids is 1. The standard InChI is InChI=1S/C17H21N5O2/c1-2-3-8-17(10-18,11-22-13-19-12-21-22)14-4-6-15(7-5-14)20-9-16(23)24/h4-7,12-13,20H,2-3,8-9,11H2,1H3,(H,23,24). The van der Waals surface area contributed by atoms with Crippen molar-refractivity contribution in [2.24, 2.45) is 0 Å². The van der Waals surface area contributed by atoms with E-state index < -0.39 is 11.4 Å². The third kappa shape index (κ3) is 4.32. The number of aromatic nitrogens is 3. The van der Waals surface area contributed by atoms with Crippen molar-refractivity contribution < 1.29 is 9.90 Å². The fourth-order valence-electron chi connectivity index (χ4n) is 2.62. The molecule has 1 atom stereocenters. The lowest BCUT2D eigenvalue weighted by atomic mass is 9.77. The summed E-state index contributed by atoms with van der Waals surface area (Å²) in [7, 11) is 0. The van der Waals surface area contributed by atoms with Crippen LogP contribution in [-0.4, -0.2) is 32.4 Å². The Morgan fingerprint density at radius 1 is 1.42 bits per heavy atom. The number of nitrogens with zero attached hydrogens (tertiary/aromatic N) is 4. The largest absolute Gasteiger partial charge is 0.480 e. The van der Waals surface area contributed by atoms with Gasteiger partial charge in [-0.3, -0.25) is 9.48 Å². The van der Waals surface area contributed by atoms with Gasteiger partial charge in [0, 0.05) is 5.69 Å². The lowest BCUT2D eigenvalue weighted by Gasteiger charge is -2.27. The molecule has 1 aromatic carbocycles. The van der Waals surface area contributed by atoms with Crippen LogP contribution in [0.25, 0.3) is 0 Å². The number of aliphatic carboxylic acids is 1. The predicted octanol–water partition coefficient (Wildman–Crippen LogP) is 2.43. The molecule has 0 saturated carbocycles. The molecule has 0 spiro atoms. The van der Waals surface area contributed by atoms with Crippen molar-refractivity contribution in [3.8, 4) is 6.07 Å². The van der Waals surface area contributed by atoms with Crippen LogP contribution in [-0.2, 0) is 16.8 Å². The summed E-state index contributed by atoms with van der Waals surface area (Å²) in [5.74, 6) is -0.917. The quantitative estimate of drug-likeness (QED) is 0.733. The van der Waals surface area contributed by atoms with Crippen molar-refractivity contribution in [1.82, 2.24) is 14.8 Å². The molecule has 0 radical (unpaired) electrons. The summed E-state index contributed by atoms with van der Waals surface area (Å²) < 4.78 is 1.68. The van der Waals surface area contributed by atoms with Gasteiger partial charge in [-0.25, -0.2) is 4.98 Å². The van der Waals surface area contributed by atoms with Crippen molar-refractivity contribution in [3.63, 3.8) is 0 Å². The first-order valence-corrected chi connectivity index (χ1v) is 7.89. The molecule has 7 heteroatoms. The van der Waals surface area contributed by atoms with Crippen molar-refractivity contribution in [3.05, 3.63) is 42.5 Å². The number of carboxylic acid groups (broad SMARTS) is 1. The number of hydrogen-bond acceptors (Lipinski definition) is 5. The fourth-order valence-corrected chi connectivity index (χ4v) is 2.62. The molecule has 0 amide bonds. The Balaban J connectivity index is 2.25. The van der Waals surface area contributed by atoms with Gasteiger partial charge in [0.2, 0.25) is 0 Å². The average Bonchev–Trinajstić information content (AvgIpc) is 3.10. The van der Waals surface area contributed by atoms with Gasteiger partial charge < -0.3 is 10.4 Å². The Morgan fingerprint density at radius 2 is 2.17 bits per heavy atom. The molecule has 2 aromatic rings. The number of unbranched alkanes of at least 4 members (excludes halogenated alkanes) is 1. The highest BCUT2D eigenvalue weighted by atomic mass is 16.4. The first kappa shape index (κ1) is 17.5. The molecule has 0 saturated heterocycles. The van der Waals surface area contributed by atoms with Gasteiger partial charge in [-0.05, 0) is 24.1 Å². The number of rotatable bonds is 9. The maximum atomic E-state index is 10.6. The van der Waals surface area contributed by atoms with E-state index in [9.17, 15) is 10.1 Å². The molecule has 126 valence electrons. The zero-order valence-electron chi connectivity index (χ0n) is 13.6. The van der Waals surface area contributed by atoms with Gasteiger partial charge in [-0.15, -0.1) is 0 Å². The molecule has 1 heterocycles. The second-order valence-corrected chi connectivity index (χ2v) is 5.72. The molecule has 0 aliphatic carbocycles. The zero-order valence-corrected chi connectivity index (χ0v) is 13.6. The lowest BCUT2D eigenvalue weighted by molar-refractivity contribution is -0.134. The summed E-state index contributed by atoms with van der Waals surface area (Å²) in [6, 6.07) is 9.83. The van der Waals surface area contributed by atoms with Gasteiger partial charge >= 0.3 is 5.97 Å². The number of nitriles is 1. The van der Waals surface area contributed by atoms with Gasteiger partial charge in [0.15, 0.2) is 0 Å². The van der Waals surface area contributed by atoms with E-state index in [0.29, 0.717) is 12.2 Å². The molecular formula is C17H21N5O2. The van der Waals surface area contributed by atoms with Crippen molar-refractivity contribution in [2.45, 2.75) is 38.1 Å². The van der Waals surface area contributed by atoms with Gasteiger partial charge in [-0.2, -0.15) is 10.4 Å². The molecule has 7 nitrogen and oxygen atoms in total. The lowest BCUT2D eigenvalue weighted by Crippen LogP contribution is -2.30. The van der Waals surface area contributed by atoms with Crippen LogP contribution in [0.1, 0.15) is 31.7 Å². The van der Waals surface area contributed by atoms with E-state index >= 15 is 0 Å². The molecule has 0 aliphatic rings. The van der Waals surface area contributed by atoms with Crippen LogP contribution >= 0.6 is 0 Å².